The Morgan fingerprint density at radius 2 is 0.829 bits per heavy atom. The Kier molecular flexibility index (Phi) is 9.82. The van der Waals surface area contributed by atoms with Gasteiger partial charge in [-0.1, -0.05) is 115 Å². The summed E-state index contributed by atoms with van der Waals surface area (Å²) in [6.45, 7) is 0. The van der Waals surface area contributed by atoms with Crippen LogP contribution in [0.3, 0.4) is 0 Å². The van der Waals surface area contributed by atoms with E-state index in [-0.39, 0.29) is 0 Å². The highest BCUT2D eigenvalue weighted by molar-refractivity contribution is 6.12. The van der Waals surface area contributed by atoms with Crippen LogP contribution in [0.1, 0.15) is 22.3 Å². The number of nitriles is 4. The molecule has 0 radical (unpaired) electrons. The fourth-order valence-electron chi connectivity index (χ4n) is 9.46. The number of hydrogen-bond donors (Lipinski definition) is 0. The van der Waals surface area contributed by atoms with E-state index in [1.165, 1.54) is 0 Å². The average Bonchev–Trinajstić information content (AvgIpc) is 3.97. The van der Waals surface area contributed by atoms with Crippen molar-refractivity contribution in [2.24, 2.45) is 0 Å². The summed E-state index contributed by atoms with van der Waals surface area (Å²) in [6, 6.07) is 71.9. The van der Waals surface area contributed by atoms with Crippen molar-refractivity contribution < 1.29 is 4.42 Å². The lowest BCUT2D eigenvalue weighted by Crippen LogP contribution is -2.04. The predicted octanol–water partition coefficient (Wildman–Crippen LogP) is 14.4. The van der Waals surface area contributed by atoms with E-state index in [0.717, 1.165) is 88.4 Å². The molecule has 0 bridgehead atoms. The van der Waals surface area contributed by atoms with Crippen LogP contribution < -0.4 is 0 Å². The Labute approximate surface area is 400 Å². The molecule has 0 saturated carbocycles. The van der Waals surface area contributed by atoms with Crippen LogP contribution in [0, 0.1) is 45.3 Å². The summed E-state index contributed by atoms with van der Waals surface area (Å²) in [6.07, 6.45) is 0. The first kappa shape index (κ1) is 41.0. The molecule has 3 aromatic heterocycles. The highest BCUT2D eigenvalue weighted by Gasteiger charge is 2.23. The second-order valence-corrected chi connectivity index (χ2v) is 16.8. The van der Waals surface area contributed by atoms with Crippen molar-refractivity contribution in [3.05, 3.63) is 216 Å². The minimum Gasteiger partial charge on any atom is -0.456 e. The summed E-state index contributed by atoms with van der Waals surface area (Å²) < 4.78 is 8.44. The molecule has 0 aliphatic heterocycles. The van der Waals surface area contributed by atoms with Crippen LogP contribution in [0.5, 0.6) is 0 Å². The molecule has 0 atom stereocenters. The normalized spacial score (nSPS) is 11.1. The predicted molar refractivity (Wildman–Crippen MR) is 273 cm³/mol. The number of fused-ring (bicyclic) bond motifs is 6. The van der Waals surface area contributed by atoms with Crippen LogP contribution in [0.2, 0.25) is 0 Å². The number of para-hydroxylation sites is 1. The van der Waals surface area contributed by atoms with E-state index in [0.29, 0.717) is 50.9 Å². The molecule has 9 heteroatoms. The second kappa shape index (κ2) is 16.8. The zero-order valence-electron chi connectivity index (χ0n) is 37.0. The lowest BCUT2D eigenvalue weighted by molar-refractivity contribution is 0.669. The molecule has 0 aliphatic rings. The van der Waals surface area contributed by atoms with E-state index in [1.54, 1.807) is 24.3 Å². The summed E-state index contributed by atoms with van der Waals surface area (Å²) in [7, 11) is 0. The highest BCUT2D eigenvalue weighted by Crippen LogP contribution is 2.42. The summed E-state index contributed by atoms with van der Waals surface area (Å²) in [5, 5.41) is 43.7. The van der Waals surface area contributed by atoms with Gasteiger partial charge < -0.3 is 8.98 Å². The molecule has 322 valence electrons. The van der Waals surface area contributed by atoms with Crippen molar-refractivity contribution in [3.8, 4) is 97.5 Å². The van der Waals surface area contributed by atoms with Crippen LogP contribution in [0.15, 0.2) is 199 Å². The zero-order valence-corrected chi connectivity index (χ0v) is 37.0. The van der Waals surface area contributed by atoms with Crippen molar-refractivity contribution >= 4 is 43.7 Å². The van der Waals surface area contributed by atoms with Crippen LogP contribution >= 0.6 is 0 Å². The van der Waals surface area contributed by atoms with Gasteiger partial charge in [-0.15, -0.1) is 0 Å². The molecule has 0 unspecified atom stereocenters. The molecule has 0 N–H and O–H groups in total. The van der Waals surface area contributed by atoms with Crippen molar-refractivity contribution in [2.75, 3.05) is 0 Å². The quantitative estimate of drug-likeness (QED) is 0.153. The lowest BCUT2D eigenvalue weighted by atomic mass is 9.95. The van der Waals surface area contributed by atoms with Gasteiger partial charge in [0.15, 0.2) is 17.5 Å². The van der Waals surface area contributed by atoms with Gasteiger partial charge in [0.2, 0.25) is 0 Å². The van der Waals surface area contributed by atoms with Crippen molar-refractivity contribution in [1.82, 2.24) is 19.5 Å². The molecule has 0 saturated heterocycles. The van der Waals surface area contributed by atoms with E-state index in [1.807, 2.05) is 109 Å². The Balaban J connectivity index is 1.15. The molecule has 9 nitrogen and oxygen atoms in total. The van der Waals surface area contributed by atoms with Gasteiger partial charge in [-0.2, -0.15) is 21.0 Å². The average molecular weight is 893 g/mol. The van der Waals surface area contributed by atoms with E-state index in [2.05, 4.69) is 89.5 Å². The van der Waals surface area contributed by atoms with Gasteiger partial charge in [0, 0.05) is 38.2 Å². The molecule has 9 aromatic carbocycles. The number of furan rings is 1. The number of hydrogen-bond acceptors (Lipinski definition) is 8. The van der Waals surface area contributed by atoms with Gasteiger partial charge >= 0.3 is 0 Å². The molecule has 0 spiro atoms. The van der Waals surface area contributed by atoms with Gasteiger partial charge in [0.25, 0.3) is 0 Å². The summed E-state index contributed by atoms with van der Waals surface area (Å²) in [5.41, 5.74) is 13.1. The third-order valence-corrected chi connectivity index (χ3v) is 12.8. The van der Waals surface area contributed by atoms with Crippen LogP contribution in [0.4, 0.5) is 0 Å². The van der Waals surface area contributed by atoms with Crippen LogP contribution in [0.25, 0.3) is 117 Å². The van der Waals surface area contributed by atoms with Crippen LogP contribution in [-0.4, -0.2) is 19.5 Å². The highest BCUT2D eigenvalue weighted by atomic mass is 16.3. The number of rotatable bonds is 7. The summed E-state index contributed by atoms with van der Waals surface area (Å²) in [4.78, 5) is 15.6. The molecular weight excluding hydrogens is 861 g/mol. The smallest absolute Gasteiger partial charge is 0.166 e. The van der Waals surface area contributed by atoms with Crippen molar-refractivity contribution in [3.63, 3.8) is 0 Å². The van der Waals surface area contributed by atoms with Crippen molar-refractivity contribution in [2.45, 2.75) is 0 Å². The third kappa shape index (κ3) is 6.97. The molecule has 3 heterocycles. The van der Waals surface area contributed by atoms with Crippen molar-refractivity contribution in [1.29, 1.82) is 21.0 Å². The summed E-state index contributed by atoms with van der Waals surface area (Å²) in [5.74, 6) is 1.51. The number of aromatic nitrogens is 4. The third-order valence-electron chi connectivity index (χ3n) is 12.8. The second-order valence-electron chi connectivity index (χ2n) is 16.8. The van der Waals surface area contributed by atoms with Gasteiger partial charge in [-0.25, -0.2) is 15.0 Å². The minimum absolute atomic E-state index is 0.386. The Bertz CT molecular complexity index is 4100. The van der Waals surface area contributed by atoms with Gasteiger partial charge in [0.05, 0.1) is 63.3 Å². The maximum absolute atomic E-state index is 10.3. The van der Waals surface area contributed by atoms with E-state index in [4.69, 9.17) is 19.4 Å². The molecule has 12 rings (SSSR count). The molecule has 0 amide bonds. The van der Waals surface area contributed by atoms with Crippen LogP contribution in [-0.2, 0) is 0 Å². The first-order valence-corrected chi connectivity index (χ1v) is 22.4. The Morgan fingerprint density at radius 1 is 0.343 bits per heavy atom. The van der Waals surface area contributed by atoms with Gasteiger partial charge in [-0.05, 0) is 112 Å². The first-order chi connectivity index (χ1) is 34.5. The number of benzene rings is 9. The lowest BCUT2D eigenvalue weighted by Gasteiger charge is -2.17. The first-order valence-electron chi connectivity index (χ1n) is 22.4. The Morgan fingerprint density at radius 3 is 1.40 bits per heavy atom. The van der Waals surface area contributed by atoms with E-state index in [9.17, 15) is 21.0 Å². The van der Waals surface area contributed by atoms with Gasteiger partial charge in [0.1, 0.15) is 11.2 Å². The molecule has 12 aromatic rings. The fraction of sp³-hybridized carbons (Fsp3) is 0. The van der Waals surface area contributed by atoms with Gasteiger partial charge in [-0.3, -0.25) is 0 Å². The standard InChI is InChI=1S/C61H32N8O/c62-33-37-15-21-47(45(27-37)35-64)43-18-24-54-50(31-43)51-32-44(48-22-16-38(34-63)28-46(48)36-65)19-25-55(51)69(54)56-23-17-41(42-20-26-58-52(29-42)49-13-7-8-14-57(49)70-58)30-53(56)61-67-59(39-9-3-1-4-10-39)66-60(68-61)40-11-5-2-6-12-40/h1-32H. The number of nitrogens with zero attached hydrogens (tertiary/aromatic N) is 8. The zero-order chi connectivity index (χ0) is 47.3. The molecular formula is C61H32N8O. The fourth-order valence-corrected chi connectivity index (χ4v) is 9.46. The molecule has 0 fully saturated rings. The van der Waals surface area contributed by atoms with E-state index < -0.39 is 0 Å². The molecule has 0 aliphatic carbocycles. The van der Waals surface area contributed by atoms with E-state index >= 15 is 0 Å². The SMILES string of the molecule is N#Cc1ccc(-c2ccc3c(c2)c2cc(-c4ccc(C#N)cc4C#N)ccc2n3-c2ccc(-c3ccc4oc5ccccc5c4c3)cc2-c2nc(-c3ccccc3)nc(-c3ccccc3)n2)c(C#N)c1. The maximum atomic E-state index is 10.3. The topological polar surface area (TPSA) is 152 Å². The summed E-state index contributed by atoms with van der Waals surface area (Å²) >= 11 is 0. The largest absolute Gasteiger partial charge is 0.456 e. The molecule has 70 heavy (non-hydrogen) atoms. The Hall–Kier alpha value is -10.5. The minimum atomic E-state index is 0.386. The maximum Gasteiger partial charge on any atom is 0.166 e. The monoisotopic (exact) mass is 892 g/mol.